The van der Waals surface area contributed by atoms with Gasteiger partial charge in [-0.1, -0.05) is 27.7 Å². The summed E-state index contributed by atoms with van der Waals surface area (Å²) in [5.41, 5.74) is 0. The van der Waals surface area contributed by atoms with Crippen LogP contribution >= 0.6 is 0 Å². The van der Waals surface area contributed by atoms with E-state index in [1.165, 1.54) is 0 Å². The minimum Gasteiger partial charge on any atom is -0.416 e. The van der Waals surface area contributed by atoms with Crippen LogP contribution in [-0.2, 0) is 4.43 Å². The lowest BCUT2D eigenvalue weighted by Gasteiger charge is -2.36. The van der Waals surface area contributed by atoms with Crippen molar-refractivity contribution in [2.75, 3.05) is 13.2 Å². The van der Waals surface area contributed by atoms with Crippen LogP contribution in [0, 0.1) is 16.0 Å². The monoisotopic (exact) mass is 233 g/mol. The summed E-state index contributed by atoms with van der Waals surface area (Å²) in [5, 5.41) is 10.5. The van der Waals surface area contributed by atoms with E-state index < -0.39 is 8.32 Å². The number of rotatable bonds is 5. The molecule has 1 atom stereocenters. The smallest absolute Gasteiger partial charge is 0.208 e. The second kappa shape index (κ2) is 5.07. The molecule has 0 saturated carbocycles. The SMILES string of the molecule is CC(CO[Si](C)(C)C(C)(C)C)C[N+](=O)[O-]. The van der Waals surface area contributed by atoms with E-state index in [2.05, 4.69) is 33.9 Å². The number of hydrogen-bond donors (Lipinski definition) is 0. The van der Waals surface area contributed by atoms with Crippen LogP contribution in [0.2, 0.25) is 18.1 Å². The van der Waals surface area contributed by atoms with Gasteiger partial charge in [0.2, 0.25) is 6.54 Å². The highest BCUT2D eigenvalue weighted by atomic mass is 28.4. The van der Waals surface area contributed by atoms with Gasteiger partial charge in [0.25, 0.3) is 0 Å². The third-order valence-electron chi connectivity index (χ3n) is 3.00. The zero-order chi connectivity index (χ0) is 12.3. The van der Waals surface area contributed by atoms with E-state index in [-0.39, 0.29) is 22.4 Å². The van der Waals surface area contributed by atoms with Crippen molar-refractivity contribution in [3.63, 3.8) is 0 Å². The maximum absolute atomic E-state index is 10.3. The Morgan fingerprint density at radius 1 is 1.40 bits per heavy atom. The van der Waals surface area contributed by atoms with E-state index in [0.29, 0.717) is 6.61 Å². The molecule has 15 heavy (non-hydrogen) atoms. The molecule has 0 rings (SSSR count). The fourth-order valence-electron chi connectivity index (χ4n) is 0.874. The molecular weight excluding hydrogens is 210 g/mol. The second-order valence-corrected chi connectivity index (χ2v) is 10.5. The summed E-state index contributed by atoms with van der Waals surface area (Å²) in [6.45, 7) is 13.2. The molecule has 0 amide bonds. The van der Waals surface area contributed by atoms with Gasteiger partial charge in [-0.25, -0.2) is 0 Å². The van der Waals surface area contributed by atoms with Gasteiger partial charge in [0.1, 0.15) is 0 Å². The Labute approximate surface area is 93.3 Å². The van der Waals surface area contributed by atoms with Crippen molar-refractivity contribution in [1.82, 2.24) is 0 Å². The molecule has 0 aliphatic carbocycles. The van der Waals surface area contributed by atoms with E-state index in [4.69, 9.17) is 4.43 Å². The minimum atomic E-state index is -1.74. The lowest BCUT2D eigenvalue weighted by Crippen LogP contribution is -2.42. The van der Waals surface area contributed by atoms with Crippen LogP contribution in [0.1, 0.15) is 27.7 Å². The van der Waals surface area contributed by atoms with E-state index >= 15 is 0 Å². The summed E-state index contributed by atoms with van der Waals surface area (Å²) in [6.07, 6.45) is 0. The Hall–Kier alpha value is -0.423. The van der Waals surface area contributed by atoms with E-state index in [0.717, 1.165) is 0 Å². The molecule has 1 unspecified atom stereocenters. The second-order valence-electron chi connectivity index (χ2n) is 5.69. The van der Waals surface area contributed by atoms with Gasteiger partial charge in [-0.15, -0.1) is 0 Å². The van der Waals surface area contributed by atoms with Gasteiger partial charge < -0.3 is 4.43 Å². The van der Waals surface area contributed by atoms with Gasteiger partial charge in [0.05, 0.1) is 0 Å². The Morgan fingerprint density at radius 2 is 1.87 bits per heavy atom. The molecule has 0 bridgehead atoms. The predicted octanol–water partition coefficient (Wildman–Crippen LogP) is 2.92. The Balaban J connectivity index is 4.10. The Kier molecular flexibility index (Phi) is 4.93. The number of nitro groups is 1. The first-order valence-electron chi connectivity index (χ1n) is 5.32. The summed E-state index contributed by atoms with van der Waals surface area (Å²) in [7, 11) is -1.74. The van der Waals surface area contributed by atoms with E-state index in [9.17, 15) is 10.1 Å². The molecule has 4 nitrogen and oxygen atoms in total. The number of hydrogen-bond acceptors (Lipinski definition) is 3. The van der Waals surface area contributed by atoms with Gasteiger partial charge in [-0.3, -0.25) is 10.1 Å². The summed E-state index contributed by atoms with van der Waals surface area (Å²) in [4.78, 5) is 10.0. The standard InChI is InChI=1S/C10H23NO3Si/c1-9(7-11(12)13)8-14-15(5,6)10(2,3)4/h9H,7-8H2,1-6H3. The average Bonchev–Trinajstić information content (AvgIpc) is 1.97. The lowest BCUT2D eigenvalue weighted by molar-refractivity contribution is -0.487. The quantitative estimate of drug-likeness (QED) is 0.417. The molecule has 0 aromatic heterocycles. The van der Waals surface area contributed by atoms with Gasteiger partial charge in [0.15, 0.2) is 8.32 Å². The molecule has 0 radical (unpaired) electrons. The third-order valence-corrected chi connectivity index (χ3v) is 7.50. The molecule has 0 aliphatic rings. The van der Waals surface area contributed by atoms with Crippen LogP contribution in [0.4, 0.5) is 0 Å². The molecule has 0 aliphatic heterocycles. The highest BCUT2D eigenvalue weighted by Gasteiger charge is 2.37. The summed E-state index contributed by atoms with van der Waals surface area (Å²) >= 11 is 0. The number of nitrogens with zero attached hydrogens (tertiary/aromatic N) is 1. The first-order valence-corrected chi connectivity index (χ1v) is 8.23. The molecular formula is C10H23NO3Si. The van der Waals surface area contributed by atoms with Crippen LogP contribution in [-0.4, -0.2) is 26.4 Å². The first-order chi connectivity index (χ1) is 6.56. The Bertz CT molecular complexity index is 223. The average molecular weight is 233 g/mol. The van der Waals surface area contributed by atoms with Crippen molar-refractivity contribution < 1.29 is 9.35 Å². The highest BCUT2D eigenvalue weighted by Crippen LogP contribution is 2.36. The van der Waals surface area contributed by atoms with Crippen molar-refractivity contribution >= 4 is 8.32 Å². The normalized spacial score (nSPS) is 15.1. The van der Waals surface area contributed by atoms with E-state index in [1.807, 2.05) is 6.92 Å². The first kappa shape index (κ1) is 14.6. The van der Waals surface area contributed by atoms with Crippen molar-refractivity contribution in [3.05, 3.63) is 10.1 Å². The fraction of sp³-hybridized carbons (Fsp3) is 1.00. The van der Waals surface area contributed by atoms with E-state index in [1.54, 1.807) is 0 Å². The van der Waals surface area contributed by atoms with Crippen LogP contribution in [0.15, 0.2) is 0 Å². The van der Waals surface area contributed by atoms with Crippen molar-refractivity contribution in [1.29, 1.82) is 0 Å². The van der Waals surface area contributed by atoms with Crippen molar-refractivity contribution in [3.8, 4) is 0 Å². The van der Waals surface area contributed by atoms with Gasteiger partial charge in [-0.05, 0) is 18.1 Å². The predicted molar refractivity (Wildman–Crippen MR) is 64.2 cm³/mol. The minimum absolute atomic E-state index is 0.00533. The van der Waals surface area contributed by atoms with Gasteiger partial charge in [-0.2, -0.15) is 0 Å². The highest BCUT2D eigenvalue weighted by molar-refractivity contribution is 6.74. The molecule has 0 aromatic rings. The maximum Gasteiger partial charge on any atom is 0.208 e. The fourth-order valence-corrected chi connectivity index (χ4v) is 2.01. The summed E-state index contributed by atoms with van der Waals surface area (Å²) < 4.78 is 5.89. The molecule has 0 N–H and O–H groups in total. The summed E-state index contributed by atoms with van der Waals surface area (Å²) in [5.74, 6) is -0.00544. The molecule has 0 aromatic carbocycles. The zero-order valence-corrected chi connectivity index (χ0v) is 11.7. The third kappa shape index (κ3) is 5.27. The maximum atomic E-state index is 10.3. The summed E-state index contributed by atoms with van der Waals surface area (Å²) in [6, 6.07) is 0. The molecule has 5 heteroatoms. The van der Waals surface area contributed by atoms with Gasteiger partial charge in [0, 0.05) is 17.4 Å². The molecule has 0 fully saturated rings. The Morgan fingerprint density at radius 3 is 2.20 bits per heavy atom. The molecule has 0 spiro atoms. The largest absolute Gasteiger partial charge is 0.416 e. The van der Waals surface area contributed by atoms with Crippen LogP contribution in [0.3, 0.4) is 0 Å². The molecule has 0 saturated heterocycles. The van der Waals surface area contributed by atoms with Crippen molar-refractivity contribution in [2.45, 2.75) is 45.8 Å². The van der Waals surface area contributed by atoms with Gasteiger partial charge >= 0.3 is 0 Å². The van der Waals surface area contributed by atoms with Crippen molar-refractivity contribution in [2.24, 2.45) is 5.92 Å². The molecule has 0 heterocycles. The topological polar surface area (TPSA) is 52.4 Å². The lowest BCUT2D eigenvalue weighted by atomic mass is 10.2. The van der Waals surface area contributed by atoms with Crippen LogP contribution in [0.25, 0.3) is 0 Å². The van der Waals surface area contributed by atoms with Crippen LogP contribution in [0.5, 0.6) is 0 Å². The molecule has 90 valence electrons. The zero-order valence-electron chi connectivity index (χ0n) is 10.7. The van der Waals surface area contributed by atoms with Crippen LogP contribution < -0.4 is 0 Å².